The Morgan fingerprint density at radius 3 is 2.69 bits per heavy atom. The fourth-order valence-electron chi connectivity index (χ4n) is 2.22. The predicted molar refractivity (Wildman–Crippen MR) is 64.6 cm³/mol. The molecule has 1 saturated carbocycles. The van der Waals surface area contributed by atoms with Gasteiger partial charge >= 0.3 is 0 Å². The SMILES string of the molecule is C[C@@H](O)c1cccc(OC2CCCCC2)c1. The first-order valence-electron chi connectivity index (χ1n) is 6.20. The molecule has 1 aliphatic rings. The Kier molecular flexibility index (Phi) is 3.83. The van der Waals surface area contributed by atoms with Gasteiger partial charge in [0.2, 0.25) is 0 Å². The number of rotatable bonds is 3. The first-order valence-corrected chi connectivity index (χ1v) is 6.20. The zero-order chi connectivity index (χ0) is 11.4. The van der Waals surface area contributed by atoms with Crippen molar-refractivity contribution in [2.24, 2.45) is 0 Å². The summed E-state index contributed by atoms with van der Waals surface area (Å²) in [6.07, 6.45) is 6.18. The molecular formula is C14H20O2. The van der Waals surface area contributed by atoms with Crippen LogP contribution in [0.15, 0.2) is 24.3 Å². The zero-order valence-electron chi connectivity index (χ0n) is 9.86. The zero-order valence-corrected chi connectivity index (χ0v) is 9.86. The molecule has 88 valence electrons. The molecular weight excluding hydrogens is 200 g/mol. The van der Waals surface area contributed by atoms with Gasteiger partial charge in [-0.15, -0.1) is 0 Å². The van der Waals surface area contributed by atoms with E-state index < -0.39 is 6.10 Å². The fourth-order valence-corrected chi connectivity index (χ4v) is 2.22. The van der Waals surface area contributed by atoms with E-state index in [2.05, 4.69) is 0 Å². The fraction of sp³-hybridized carbons (Fsp3) is 0.571. The lowest BCUT2D eigenvalue weighted by Crippen LogP contribution is -2.19. The van der Waals surface area contributed by atoms with Crippen LogP contribution in [0.5, 0.6) is 5.75 Å². The molecule has 0 bridgehead atoms. The van der Waals surface area contributed by atoms with Crippen molar-refractivity contribution >= 4 is 0 Å². The smallest absolute Gasteiger partial charge is 0.120 e. The van der Waals surface area contributed by atoms with Crippen molar-refractivity contribution in [2.45, 2.75) is 51.2 Å². The largest absolute Gasteiger partial charge is 0.490 e. The van der Waals surface area contributed by atoms with Gasteiger partial charge in [-0.05, 0) is 50.3 Å². The summed E-state index contributed by atoms with van der Waals surface area (Å²) in [5, 5.41) is 9.50. The predicted octanol–water partition coefficient (Wildman–Crippen LogP) is 3.45. The van der Waals surface area contributed by atoms with Crippen LogP contribution in [-0.2, 0) is 0 Å². The van der Waals surface area contributed by atoms with Gasteiger partial charge in [-0.3, -0.25) is 0 Å². The highest BCUT2D eigenvalue weighted by atomic mass is 16.5. The lowest BCUT2D eigenvalue weighted by Gasteiger charge is -2.23. The van der Waals surface area contributed by atoms with Crippen LogP contribution in [0.25, 0.3) is 0 Å². The maximum atomic E-state index is 9.50. The molecule has 2 heteroatoms. The number of benzene rings is 1. The average Bonchev–Trinajstić information content (AvgIpc) is 2.30. The maximum absolute atomic E-state index is 9.50. The molecule has 0 aliphatic heterocycles. The first kappa shape index (κ1) is 11.5. The highest BCUT2D eigenvalue weighted by Crippen LogP contribution is 2.25. The van der Waals surface area contributed by atoms with Crippen LogP contribution in [0, 0.1) is 0 Å². The molecule has 0 aromatic heterocycles. The number of aliphatic hydroxyl groups excluding tert-OH is 1. The molecule has 1 fully saturated rings. The molecule has 0 spiro atoms. The van der Waals surface area contributed by atoms with Crippen molar-refractivity contribution in [1.82, 2.24) is 0 Å². The molecule has 16 heavy (non-hydrogen) atoms. The van der Waals surface area contributed by atoms with Gasteiger partial charge in [0, 0.05) is 0 Å². The number of hydrogen-bond acceptors (Lipinski definition) is 2. The van der Waals surface area contributed by atoms with Gasteiger partial charge in [-0.1, -0.05) is 18.6 Å². The molecule has 1 aliphatic carbocycles. The molecule has 1 aromatic carbocycles. The minimum Gasteiger partial charge on any atom is -0.490 e. The Morgan fingerprint density at radius 1 is 1.25 bits per heavy atom. The lowest BCUT2D eigenvalue weighted by molar-refractivity contribution is 0.153. The number of hydrogen-bond donors (Lipinski definition) is 1. The van der Waals surface area contributed by atoms with E-state index in [9.17, 15) is 5.11 Å². The minimum absolute atomic E-state index is 0.373. The monoisotopic (exact) mass is 220 g/mol. The third-order valence-electron chi connectivity index (χ3n) is 3.20. The Morgan fingerprint density at radius 2 is 2.00 bits per heavy atom. The second kappa shape index (κ2) is 5.35. The van der Waals surface area contributed by atoms with E-state index >= 15 is 0 Å². The normalized spacial score (nSPS) is 19.4. The van der Waals surface area contributed by atoms with E-state index in [1.54, 1.807) is 6.92 Å². The summed E-state index contributed by atoms with van der Waals surface area (Å²) in [6, 6.07) is 7.79. The van der Waals surface area contributed by atoms with E-state index in [0.717, 1.165) is 11.3 Å². The highest BCUT2D eigenvalue weighted by molar-refractivity contribution is 5.29. The van der Waals surface area contributed by atoms with Crippen LogP contribution < -0.4 is 4.74 Å². The first-order chi connectivity index (χ1) is 7.75. The summed E-state index contributed by atoms with van der Waals surface area (Å²) >= 11 is 0. The van der Waals surface area contributed by atoms with Crippen LogP contribution >= 0.6 is 0 Å². The van der Waals surface area contributed by atoms with Crippen molar-refractivity contribution in [3.63, 3.8) is 0 Å². The van der Waals surface area contributed by atoms with Gasteiger partial charge in [0.15, 0.2) is 0 Å². The minimum atomic E-state index is -0.421. The van der Waals surface area contributed by atoms with Crippen LogP contribution in [0.4, 0.5) is 0 Å². The summed E-state index contributed by atoms with van der Waals surface area (Å²) in [7, 11) is 0. The molecule has 1 N–H and O–H groups in total. The van der Waals surface area contributed by atoms with Crippen molar-refractivity contribution in [1.29, 1.82) is 0 Å². The Balaban J connectivity index is 2.00. The highest BCUT2D eigenvalue weighted by Gasteiger charge is 2.15. The van der Waals surface area contributed by atoms with E-state index in [1.807, 2.05) is 24.3 Å². The van der Waals surface area contributed by atoms with Gasteiger partial charge in [-0.25, -0.2) is 0 Å². The molecule has 1 aromatic rings. The molecule has 0 saturated heterocycles. The quantitative estimate of drug-likeness (QED) is 0.845. The van der Waals surface area contributed by atoms with Crippen molar-refractivity contribution in [3.8, 4) is 5.75 Å². The van der Waals surface area contributed by atoms with Crippen LogP contribution in [-0.4, -0.2) is 11.2 Å². The van der Waals surface area contributed by atoms with Gasteiger partial charge in [0.25, 0.3) is 0 Å². The van der Waals surface area contributed by atoms with Gasteiger partial charge in [-0.2, -0.15) is 0 Å². The summed E-state index contributed by atoms with van der Waals surface area (Å²) in [4.78, 5) is 0. The Labute approximate surface area is 97.3 Å². The second-order valence-corrected chi connectivity index (χ2v) is 4.63. The summed E-state index contributed by atoms with van der Waals surface area (Å²) < 4.78 is 5.94. The van der Waals surface area contributed by atoms with E-state index in [-0.39, 0.29) is 0 Å². The van der Waals surface area contributed by atoms with Gasteiger partial charge < -0.3 is 9.84 Å². The van der Waals surface area contributed by atoms with E-state index in [1.165, 1.54) is 32.1 Å². The Bertz CT molecular complexity index is 327. The Hall–Kier alpha value is -1.02. The summed E-state index contributed by atoms with van der Waals surface area (Å²) in [5.41, 5.74) is 0.924. The topological polar surface area (TPSA) is 29.5 Å². The molecule has 2 nitrogen and oxygen atoms in total. The third-order valence-corrected chi connectivity index (χ3v) is 3.20. The van der Waals surface area contributed by atoms with E-state index in [0.29, 0.717) is 6.10 Å². The van der Waals surface area contributed by atoms with Crippen molar-refractivity contribution in [3.05, 3.63) is 29.8 Å². The molecule has 0 unspecified atom stereocenters. The molecule has 2 rings (SSSR count). The van der Waals surface area contributed by atoms with Crippen LogP contribution in [0.2, 0.25) is 0 Å². The van der Waals surface area contributed by atoms with E-state index in [4.69, 9.17) is 4.74 Å². The number of aliphatic hydroxyl groups is 1. The van der Waals surface area contributed by atoms with Crippen LogP contribution in [0.3, 0.4) is 0 Å². The second-order valence-electron chi connectivity index (χ2n) is 4.63. The number of ether oxygens (including phenoxy) is 1. The summed E-state index contributed by atoms with van der Waals surface area (Å²) in [6.45, 7) is 1.78. The van der Waals surface area contributed by atoms with Crippen molar-refractivity contribution < 1.29 is 9.84 Å². The molecule has 0 heterocycles. The van der Waals surface area contributed by atoms with Crippen molar-refractivity contribution in [2.75, 3.05) is 0 Å². The maximum Gasteiger partial charge on any atom is 0.120 e. The van der Waals surface area contributed by atoms with Crippen LogP contribution in [0.1, 0.15) is 50.7 Å². The van der Waals surface area contributed by atoms with Gasteiger partial charge in [0.1, 0.15) is 5.75 Å². The standard InChI is InChI=1S/C14H20O2/c1-11(15)12-6-5-9-14(10-12)16-13-7-3-2-4-8-13/h5-6,9-11,13,15H,2-4,7-8H2,1H3/t11-/m1/s1. The molecule has 0 radical (unpaired) electrons. The molecule has 1 atom stereocenters. The average molecular weight is 220 g/mol. The lowest BCUT2D eigenvalue weighted by atomic mass is 9.98. The van der Waals surface area contributed by atoms with Gasteiger partial charge in [0.05, 0.1) is 12.2 Å². The molecule has 0 amide bonds. The third kappa shape index (κ3) is 2.99. The summed E-state index contributed by atoms with van der Waals surface area (Å²) in [5.74, 6) is 0.894.